The summed E-state index contributed by atoms with van der Waals surface area (Å²) >= 11 is 1.27. The van der Waals surface area contributed by atoms with Gasteiger partial charge in [-0.2, -0.15) is 10.2 Å². The van der Waals surface area contributed by atoms with Crippen molar-refractivity contribution < 1.29 is 41.7 Å². The molecule has 1 aliphatic rings. The predicted molar refractivity (Wildman–Crippen MR) is 135 cm³/mol. The SMILES string of the molecule is CO[C@@H](COCNc1nnc(N[C@H]2CC[C@H](c3cc(C(=O)O)cnn3)CC2)s1)c1cc(OC(F)(F)F)ccc1F. The average Bonchev–Trinajstić information content (AvgIpc) is 3.37. The molecule has 1 saturated carbocycles. The molecule has 1 atom stereocenters. The van der Waals surface area contributed by atoms with Gasteiger partial charge in [0.15, 0.2) is 0 Å². The molecule has 40 heavy (non-hydrogen) atoms. The lowest BCUT2D eigenvalue weighted by molar-refractivity contribution is -0.274. The molecule has 2 heterocycles. The fraction of sp³-hybridized carbons (Fsp3) is 0.458. The summed E-state index contributed by atoms with van der Waals surface area (Å²) in [6, 6.07) is 4.41. The first-order valence-corrected chi connectivity index (χ1v) is 13.0. The number of methoxy groups -OCH3 is 1. The van der Waals surface area contributed by atoms with E-state index in [0.29, 0.717) is 16.0 Å². The van der Waals surface area contributed by atoms with Gasteiger partial charge < -0.3 is 30.0 Å². The summed E-state index contributed by atoms with van der Waals surface area (Å²) in [5, 5.41) is 32.6. The molecule has 0 saturated heterocycles. The highest BCUT2D eigenvalue weighted by molar-refractivity contribution is 7.19. The molecular weight excluding hydrogens is 560 g/mol. The van der Waals surface area contributed by atoms with Crippen LogP contribution in [0.5, 0.6) is 5.75 Å². The van der Waals surface area contributed by atoms with E-state index in [9.17, 15) is 22.4 Å². The molecule has 11 nitrogen and oxygen atoms in total. The zero-order valence-corrected chi connectivity index (χ0v) is 22.0. The summed E-state index contributed by atoms with van der Waals surface area (Å²) in [6.45, 7) is -0.181. The summed E-state index contributed by atoms with van der Waals surface area (Å²) in [5.74, 6) is -2.21. The molecule has 2 aromatic heterocycles. The van der Waals surface area contributed by atoms with Crippen LogP contribution < -0.4 is 15.4 Å². The van der Waals surface area contributed by atoms with Gasteiger partial charge in [0.1, 0.15) is 24.4 Å². The Balaban J connectivity index is 1.21. The second-order valence-electron chi connectivity index (χ2n) is 8.93. The van der Waals surface area contributed by atoms with Crippen LogP contribution >= 0.6 is 11.3 Å². The molecule has 0 spiro atoms. The smallest absolute Gasteiger partial charge is 0.478 e. The van der Waals surface area contributed by atoms with Gasteiger partial charge in [-0.3, -0.25) is 0 Å². The van der Waals surface area contributed by atoms with E-state index in [4.69, 9.17) is 14.6 Å². The van der Waals surface area contributed by atoms with Gasteiger partial charge in [0.25, 0.3) is 0 Å². The Hall–Kier alpha value is -3.63. The van der Waals surface area contributed by atoms with Crippen molar-refractivity contribution in [2.24, 2.45) is 0 Å². The predicted octanol–water partition coefficient (Wildman–Crippen LogP) is 4.98. The zero-order valence-electron chi connectivity index (χ0n) is 21.2. The topological polar surface area (TPSA) is 141 Å². The number of nitrogens with zero attached hydrogens (tertiary/aromatic N) is 4. The van der Waals surface area contributed by atoms with Crippen LogP contribution in [0.15, 0.2) is 30.5 Å². The van der Waals surface area contributed by atoms with E-state index in [-0.39, 0.29) is 36.4 Å². The third kappa shape index (κ3) is 8.19. The average molecular weight is 587 g/mol. The number of hydrogen-bond acceptors (Lipinski definition) is 11. The molecule has 3 aromatic rings. The summed E-state index contributed by atoms with van der Waals surface area (Å²) in [7, 11) is 1.29. The normalized spacial score (nSPS) is 18.2. The fourth-order valence-corrected chi connectivity index (χ4v) is 4.99. The molecule has 4 rings (SSSR count). The minimum absolute atomic E-state index is 0.0313. The number of rotatable bonds is 12. The van der Waals surface area contributed by atoms with Gasteiger partial charge in [0.05, 0.1) is 24.1 Å². The molecule has 0 bridgehead atoms. The zero-order chi connectivity index (χ0) is 28.7. The molecule has 16 heteroatoms. The van der Waals surface area contributed by atoms with E-state index >= 15 is 0 Å². The number of nitrogens with one attached hydrogen (secondary N) is 2. The standard InChI is InChI=1S/C24H26F4N6O5S/c1-37-20(17-9-16(6-7-18(17)25)39-24(26,27)28)11-38-12-29-22-33-34-23(40-22)31-15-4-2-13(3-5-15)19-8-14(21(35)36)10-30-32-19/h6-10,13,15,20H,2-5,11-12H2,1H3,(H,29,33)(H,31,34)(H,35,36)/t13-,15-,20-/m0/s1. The lowest BCUT2D eigenvalue weighted by Crippen LogP contribution is -2.25. The van der Waals surface area contributed by atoms with Crippen molar-refractivity contribution in [1.29, 1.82) is 0 Å². The summed E-state index contributed by atoms with van der Waals surface area (Å²) in [6.07, 6.45) is -1.34. The van der Waals surface area contributed by atoms with Crippen molar-refractivity contribution in [3.05, 3.63) is 53.1 Å². The number of carbonyl (C=O) groups is 1. The number of halogens is 4. The second kappa shape index (κ2) is 13.1. The Morgan fingerprint density at radius 3 is 2.60 bits per heavy atom. The number of hydrogen-bond donors (Lipinski definition) is 3. The highest BCUT2D eigenvalue weighted by Crippen LogP contribution is 2.34. The third-order valence-corrected chi connectivity index (χ3v) is 7.06. The number of anilines is 2. The van der Waals surface area contributed by atoms with E-state index in [0.717, 1.165) is 43.9 Å². The fourth-order valence-electron chi connectivity index (χ4n) is 4.29. The monoisotopic (exact) mass is 586 g/mol. The Kier molecular flexibility index (Phi) is 9.65. The van der Waals surface area contributed by atoms with Crippen LogP contribution in [0.2, 0.25) is 0 Å². The van der Waals surface area contributed by atoms with Crippen molar-refractivity contribution >= 4 is 27.6 Å². The summed E-state index contributed by atoms with van der Waals surface area (Å²) in [4.78, 5) is 11.2. The van der Waals surface area contributed by atoms with Gasteiger partial charge in [0, 0.05) is 24.6 Å². The van der Waals surface area contributed by atoms with Gasteiger partial charge in [-0.15, -0.1) is 23.4 Å². The lowest BCUT2D eigenvalue weighted by atomic mass is 9.84. The minimum Gasteiger partial charge on any atom is -0.478 e. The molecule has 0 aliphatic heterocycles. The maximum atomic E-state index is 14.2. The van der Waals surface area contributed by atoms with Gasteiger partial charge in [-0.05, 0) is 49.9 Å². The number of ether oxygens (including phenoxy) is 3. The first-order chi connectivity index (χ1) is 19.1. The van der Waals surface area contributed by atoms with Gasteiger partial charge in [-0.1, -0.05) is 11.3 Å². The van der Waals surface area contributed by atoms with E-state index in [2.05, 4.69) is 35.8 Å². The number of aromatic carboxylic acids is 1. The molecule has 216 valence electrons. The highest BCUT2D eigenvalue weighted by atomic mass is 32.1. The third-order valence-electron chi connectivity index (χ3n) is 6.25. The first kappa shape index (κ1) is 29.4. The van der Waals surface area contributed by atoms with Crippen molar-refractivity contribution in [2.75, 3.05) is 31.1 Å². The molecule has 1 aliphatic carbocycles. The van der Waals surface area contributed by atoms with Crippen LogP contribution in [0.3, 0.4) is 0 Å². The Morgan fingerprint density at radius 2 is 1.90 bits per heavy atom. The molecule has 3 N–H and O–H groups in total. The Labute approximate surface area is 229 Å². The highest BCUT2D eigenvalue weighted by Gasteiger charge is 2.32. The minimum atomic E-state index is -4.90. The number of alkyl halides is 3. The van der Waals surface area contributed by atoms with Gasteiger partial charge >= 0.3 is 12.3 Å². The number of carboxylic acid groups (broad SMARTS) is 1. The molecular formula is C24H26F4N6O5S. The maximum Gasteiger partial charge on any atom is 0.573 e. The molecule has 1 aromatic carbocycles. The van der Waals surface area contributed by atoms with Crippen molar-refractivity contribution in [1.82, 2.24) is 20.4 Å². The van der Waals surface area contributed by atoms with E-state index in [1.54, 1.807) is 6.07 Å². The number of carboxylic acids is 1. The summed E-state index contributed by atoms with van der Waals surface area (Å²) < 4.78 is 66.2. The van der Waals surface area contributed by atoms with Crippen LogP contribution in [0.4, 0.5) is 27.8 Å². The van der Waals surface area contributed by atoms with E-state index < -0.39 is 30.0 Å². The van der Waals surface area contributed by atoms with E-state index in [1.807, 2.05) is 0 Å². The Bertz CT molecular complexity index is 1290. The number of benzene rings is 1. The quantitative estimate of drug-likeness (QED) is 0.150. The van der Waals surface area contributed by atoms with Crippen molar-refractivity contribution in [3.8, 4) is 5.75 Å². The van der Waals surface area contributed by atoms with Crippen LogP contribution in [0, 0.1) is 5.82 Å². The van der Waals surface area contributed by atoms with Crippen LogP contribution in [-0.4, -0.2) is 64.3 Å². The maximum absolute atomic E-state index is 14.2. The van der Waals surface area contributed by atoms with Gasteiger partial charge in [-0.25, -0.2) is 9.18 Å². The molecule has 0 amide bonds. The van der Waals surface area contributed by atoms with Crippen LogP contribution in [0.25, 0.3) is 0 Å². The van der Waals surface area contributed by atoms with Crippen molar-refractivity contribution in [2.45, 2.75) is 50.1 Å². The van der Waals surface area contributed by atoms with Crippen LogP contribution in [-0.2, 0) is 9.47 Å². The second-order valence-corrected chi connectivity index (χ2v) is 9.90. The van der Waals surface area contributed by atoms with Crippen LogP contribution in [0.1, 0.15) is 59.3 Å². The molecule has 0 radical (unpaired) electrons. The molecule has 0 unspecified atom stereocenters. The number of aromatic nitrogens is 4. The summed E-state index contributed by atoms with van der Waals surface area (Å²) in [5.41, 5.74) is 0.669. The van der Waals surface area contributed by atoms with E-state index in [1.165, 1.54) is 24.6 Å². The molecule has 1 fully saturated rings. The largest absolute Gasteiger partial charge is 0.573 e. The lowest BCUT2D eigenvalue weighted by Gasteiger charge is -2.28. The van der Waals surface area contributed by atoms with Gasteiger partial charge in [0.2, 0.25) is 10.3 Å². The first-order valence-electron chi connectivity index (χ1n) is 12.2. The van der Waals surface area contributed by atoms with Crippen molar-refractivity contribution in [3.63, 3.8) is 0 Å². The Morgan fingerprint density at radius 1 is 1.15 bits per heavy atom.